The van der Waals surface area contributed by atoms with Crippen LogP contribution in [0.2, 0.25) is 0 Å². The van der Waals surface area contributed by atoms with Crippen molar-refractivity contribution in [1.29, 1.82) is 0 Å². The van der Waals surface area contributed by atoms with Gasteiger partial charge in [-0.1, -0.05) is 29.8 Å². The number of aromatic nitrogens is 3. The average molecular weight is 356 g/mol. The summed E-state index contributed by atoms with van der Waals surface area (Å²) >= 11 is 0. The monoisotopic (exact) mass is 356 g/mol. The van der Waals surface area contributed by atoms with Crippen LogP contribution in [-0.4, -0.2) is 40.0 Å². The lowest BCUT2D eigenvalue weighted by Crippen LogP contribution is -2.41. The normalized spacial score (nSPS) is 17.5. The third-order valence-electron chi connectivity index (χ3n) is 4.62. The van der Waals surface area contributed by atoms with Gasteiger partial charge < -0.3 is 19.9 Å². The quantitative estimate of drug-likeness (QED) is 0.610. The number of hydrogen-bond acceptors (Lipinski definition) is 4. The molecule has 1 aromatic heterocycles. The molecule has 3 rings (SSSR count). The largest absolute Gasteiger partial charge is 0.376 e. The molecule has 1 unspecified atom stereocenters. The molecule has 1 fully saturated rings. The van der Waals surface area contributed by atoms with Gasteiger partial charge in [-0.25, -0.2) is 4.99 Å². The van der Waals surface area contributed by atoms with Crippen molar-refractivity contribution in [2.24, 2.45) is 12.0 Å². The molecule has 1 atom stereocenters. The molecule has 26 heavy (non-hydrogen) atoms. The number of aryl methyl sites for hydroxylation is 2. The lowest BCUT2D eigenvalue weighted by Gasteiger charge is -2.15. The molecule has 1 aliphatic heterocycles. The van der Waals surface area contributed by atoms with Crippen molar-refractivity contribution in [1.82, 2.24) is 25.4 Å². The van der Waals surface area contributed by atoms with E-state index in [1.807, 2.05) is 18.5 Å². The first-order chi connectivity index (χ1) is 12.6. The van der Waals surface area contributed by atoms with Crippen molar-refractivity contribution in [3.8, 4) is 0 Å². The summed E-state index contributed by atoms with van der Waals surface area (Å²) in [6.45, 7) is 6.85. The van der Waals surface area contributed by atoms with Crippen LogP contribution in [0.15, 0.2) is 29.3 Å². The zero-order valence-corrected chi connectivity index (χ0v) is 15.8. The lowest BCUT2D eigenvalue weighted by molar-refractivity contribution is 0.113. The zero-order chi connectivity index (χ0) is 18.4. The van der Waals surface area contributed by atoms with Crippen LogP contribution in [0.3, 0.4) is 0 Å². The topological polar surface area (TPSA) is 76.4 Å². The Kier molecular flexibility index (Phi) is 6.22. The Morgan fingerprint density at radius 1 is 1.31 bits per heavy atom. The number of aliphatic imine (C=N–C) groups is 1. The molecule has 1 aliphatic rings. The van der Waals surface area contributed by atoms with Crippen molar-refractivity contribution >= 4 is 5.96 Å². The van der Waals surface area contributed by atoms with Crippen LogP contribution >= 0.6 is 0 Å². The molecular formula is C19H28N6O. The van der Waals surface area contributed by atoms with E-state index in [0.717, 1.165) is 43.6 Å². The highest BCUT2D eigenvalue weighted by atomic mass is 16.5. The van der Waals surface area contributed by atoms with E-state index in [9.17, 15) is 0 Å². The van der Waals surface area contributed by atoms with Crippen molar-refractivity contribution in [3.63, 3.8) is 0 Å². The van der Waals surface area contributed by atoms with Gasteiger partial charge in [-0.2, -0.15) is 0 Å². The molecule has 0 saturated carbocycles. The summed E-state index contributed by atoms with van der Waals surface area (Å²) in [4.78, 5) is 4.73. The fourth-order valence-corrected chi connectivity index (χ4v) is 2.94. The molecule has 0 radical (unpaired) electrons. The molecule has 140 valence electrons. The summed E-state index contributed by atoms with van der Waals surface area (Å²) in [6, 6.07) is 8.42. The minimum Gasteiger partial charge on any atom is -0.376 e. The number of ether oxygens (including phenoxy) is 1. The first-order valence-electron chi connectivity index (χ1n) is 9.16. The minimum atomic E-state index is 0.262. The van der Waals surface area contributed by atoms with Crippen LogP contribution in [-0.2, 0) is 24.9 Å². The molecule has 0 aliphatic carbocycles. The Morgan fingerprint density at radius 3 is 2.88 bits per heavy atom. The van der Waals surface area contributed by atoms with Gasteiger partial charge in [0.15, 0.2) is 11.8 Å². The molecule has 0 amide bonds. The van der Waals surface area contributed by atoms with Gasteiger partial charge in [0.1, 0.15) is 5.82 Å². The Morgan fingerprint density at radius 2 is 2.19 bits per heavy atom. The molecule has 7 nitrogen and oxygen atoms in total. The molecule has 0 spiro atoms. The Bertz CT molecular complexity index is 748. The summed E-state index contributed by atoms with van der Waals surface area (Å²) < 4.78 is 7.67. The van der Waals surface area contributed by atoms with Crippen molar-refractivity contribution in [3.05, 3.63) is 47.0 Å². The van der Waals surface area contributed by atoms with E-state index in [4.69, 9.17) is 9.73 Å². The predicted octanol–water partition coefficient (Wildman–Crippen LogP) is 1.85. The highest BCUT2D eigenvalue weighted by molar-refractivity contribution is 5.79. The van der Waals surface area contributed by atoms with Gasteiger partial charge in [0.2, 0.25) is 0 Å². The molecular weight excluding hydrogens is 328 g/mol. The smallest absolute Gasteiger partial charge is 0.192 e. The van der Waals surface area contributed by atoms with Gasteiger partial charge in [-0.15, -0.1) is 10.2 Å². The third kappa shape index (κ3) is 5.05. The highest BCUT2D eigenvalue weighted by Crippen LogP contribution is 2.10. The fraction of sp³-hybridized carbons (Fsp3) is 0.526. The SMILES string of the molecule is Cc1cccc(CN=C(NCc2nnc(C)n2C)NCC2CCCO2)c1. The van der Waals surface area contributed by atoms with Crippen LogP contribution in [0, 0.1) is 13.8 Å². The third-order valence-corrected chi connectivity index (χ3v) is 4.62. The fourth-order valence-electron chi connectivity index (χ4n) is 2.94. The number of hydrogen-bond donors (Lipinski definition) is 2. The number of rotatable bonds is 6. The number of nitrogens with one attached hydrogen (secondary N) is 2. The number of nitrogens with zero attached hydrogens (tertiary/aromatic N) is 4. The van der Waals surface area contributed by atoms with E-state index in [2.05, 4.69) is 52.0 Å². The second-order valence-corrected chi connectivity index (χ2v) is 6.75. The van der Waals surface area contributed by atoms with Gasteiger partial charge in [-0.05, 0) is 32.3 Å². The van der Waals surface area contributed by atoms with E-state index in [1.165, 1.54) is 11.1 Å². The van der Waals surface area contributed by atoms with Crippen LogP contribution in [0.5, 0.6) is 0 Å². The van der Waals surface area contributed by atoms with Gasteiger partial charge >= 0.3 is 0 Å². The second kappa shape index (κ2) is 8.80. The molecule has 1 aromatic carbocycles. The summed E-state index contributed by atoms with van der Waals surface area (Å²) in [5.74, 6) is 2.54. The summed E-state index contributed by atoms with van der Waals surface area (Å²) in [6.07, 6.45) is 2.49. The summed E-state index contributed by atoms with van der Waals surface area (Å²) in [5.41, 5.74) is 2.44. The maximum absolute atomic E-state index is 5.70. The predicted molar refractivity (Wildman–Crippen MR) is 102 cm³/mol. The average Bonchev–Trinajstić information content (AvgIpc) is 3.26. The summed E-state index contributed by atoms with van der Waals surface area (Å²) in [7, 11) is 1.97. The van der Waals surface area contributed by atoms with Gasteiger partial charge in [0, 0.05) is 20.2 Å². The van der Waals surface area contributed by atoms with E-state index in [-0.39, 0.29) is 6.10 Å². The first-order valence-corrected chi connectivity index (χ1v) is 9.16. The van der Waals surface area contributed by atoms with Crippen molar-refractivity contribution in [2.75, 3.05) is 13.2 Å². The first kappa shape index (κ1) is 18.4. The molecule has 2 heterocycles. The lowest BCUT2D eigenvalue weighted by atomic mass is 10.1. The zero-order valence-electron chi connectivity index (χ0n) is 15.8. The van der Waals surface area contributed by atoms with Crippen molar-refractivity contribution < 1.29 is 4.74 Å². The summed E-state index contributed by atoms with van der Waals surface area (Å²) in [5, 5.41) is 15.1. The molecule has 2 aromatic rings. The highest BCUT2D eigenvalue weighted by Gasteiger charge is 2.16. The van der Waals surface area contributed by atoms with E-state index < -0.39 is 0 Å². The molecule has 2 N–H and O–H groups in total. The molecule has 7 heteroatoms. The standard InChI is InChI=1S/C19H28N6O/c1-14-6-4-7-16(10-14)11-20-19(21-12-17-8-5-9-26-17)22-13-18-24-23-15(2)25(18)3/h4,6-7,10,17H,5,8-9,11-13H2,1-3H3,(H2,20,21,22). The van der Waals surface area contributed by atoms with Crippen LogP contribution in [0.4, 0.5) is 0 Å². The van der Waals surface area contributed by atoms with Crippen molar-refractivity contribution in [2.45, 2.75) is 45.9 Å². The maximum Gasteiger partial charge on any atom is 0.192 e. The second-order valence-electron chi connectivity index (χ2n) is 6.75. The Labute approximate surface area is 154 Å². The van der Waals surface area contributed by atoms with Crippen LogP contribution < -0.4 is 10.6 Å². The minimum absolute atomic E-state index is 0.262. The van der Waals surface area contributed by atoms with Gasteiger partial charge in [-0.3, -0.25) is 0 Å². The number of benzene rings is 1. The Hall–Kier alpha value is -2.41. The van der Waals surface area contributed by atoms with Crippen LogP contribution in [0.25, 0.3) is 0 Å². The Balaban J connectivity index is 1.63. The van der Waals surface area contributed by atoms with E-state index in [1.54, 1.807) is 0 Å². The number of guanidine groups is 1. The van der Waals surface area contributed by atoms with E-state index in [0.29, 0.717) is 13.1 Å². The molecule has 1 saturated heterocycles. The van der Waals surface area contributed by atoms with Gasteiger partial charge in [0.05, 0.1) is 19.2 Å². The molecule has 0 bridgehead atoms. The van der Waals surface area contributed by atoms with Crippen LogP contribution in [0.1, 0.15) is 35.6 Å². The van der Waals surface area contributed by atoms with E-state index >= 15 is 0 Å². The maximum atomic E-state index is 5.70. The van der Waals surface area contributed by atoms with Gasteiger partial charge in [0.25, 0.3) is 0 Å².